The smallest absolute Gasteiger partial charge is 0.273 e. The normalized spacial score (nSPS) is 9.80. The van der Waals surface area contributed by atoms with E-state index < -0.39 is 11.8 Å². The molecule has 25 heavy (non-hydrogen) atoms. The maximum absolute atomic E-state index is 12.2. The first-order valence-electron chi connectivity index (χ1n) is 7.82. The fourth-order valence-corrected chi connectivity index (χ4v) is 2.05. The molecule has 0 aliphatic rings. The second-order valence-electron chi connectivity index (χ2n) is 4.96. The Hall–Kier alpha value is -3.28. The van der Waals surface area contributed by atoms with Crippen molar-refractivity contribution >= 4 is 11.8 Å². The molecule has 130 valence electrons. The molecule has 2 amide bonds. The molecule has 2 aromatic carbocycles. The fourth-order valence-electron chi connectivity index (χ4n) is 2.05. The molecule has 0 heterocycles. The number of ether oxygens (including phenoxy) is 2. The zero-order chi connectivity index (χ0) is 18.1. The predicted octanol–water partition coefficient (Wildman–Crippen LogP) is 2.72. The van der Waals surface area contributed by atoms with Crippen LogP contribution in [0.25, 0.3) is 0 Å². The number of carbonyl (C=O) groups excluding carboxylic acids is 2. The SMILES string of the molecule is C=CCOc1ccc(C(=O)NNC(=O)c2ccccc2OCC)cc1. The maximum atomic E-state index is 12.2. The van der Waals surface area contributed by atoms with Gasteiger partial charge in [-0.1, -0.05) is 24.8 Å². The van der Waals surface area contributed by atoms with E-state index in [2.05, 4.69) is 17.4 Å². The Morgan fingerprint density at radius 3 is 2.36 bits per heavy atom. The lowest BCUT2D eigenvalue weighted by molar-refractivity contribution is 0.0844. The van der Waals surface area contributed by atoms with Gasteiger partial charge in [-0.3, -0.25) is 20.4 Å². The van der Waals surface area contributed by atoms with Crippen LogP contribution in [0.4, 0.5) is 0 Å². The number of carbonyl (C=O) groups is 2. The van der Waals surface area contributed by atoms with Crippen molar-refractivity contribution in [2.75, 3.05) is 13.2 Å². The van der Waals surface area contributed by atoms with Gasteiger partial charge in [0.25, 0.3) is 11.8 Å². The molecule has 0 aromatic heterocycles. The van der Waals surface area contributed by atoms with Gasteiger partial charge in [0.2, 0.25) is 0 Å². The van der Waals surface area contributed by atoms with Crippen LogP contribution in [0.15, 0.2) is 61.2 Å². The van der Waals surface area contributed by atoms with Gasteiger partial charge in [-0.15, -0.1) is 0 Å². The summed E-state index contributed by atoms with van der Waals surface area (Å²) in [5.41, 5.74) is 5.50. The van der Waals surface area contributed by atoms with Crippen molar-refractivity contribution in [3.8, 4) is 11.5 Å². The highest BCUT2D eigenvalue weighted by molar-refractivity contribution is 6.00. The van der Waals surface area contributed by atoms with Gasteiger partial charge >= 0.3 is 0 Å². The molecule has 0 spiro atoms. The van der Waals surface area contributed by atoms with E-state index in [1.165, 1.54) is 0 Å². The lowest BCUT2D eigenvalue weighted by Crippen LogP contribution is -2.41. The number of amides is 2. The molecule has 0 atom stereocenters. The van der Waals surface area contributed by atoms with Gasteiger partial charge in [-0.25, -0.2) is 0 Å². The molecular weight excluding hydrogens is 320 g/mol. The third-order valence-electron chi connectivity index (χ3n) is 3.21. The van der Waals surface area contributed by atoms with E-state index in [9.17, 15) is 9.59 Å². The molecule has 0 saturated carbocycles. The van der Waals surface area contributed by atoms with Crippen LogP contribution in [0.1, 0.15) is 27.6 Å². The lowest BCUT2D eigenvalue weighted by Gasteiger charge is -2.11. The van der Waals surface area contributed by atoms with E-state index in [4.69, 9.17) is 9.47 Å². The molecule has 0 bridgehead atoms. The van der Waals surface area contributed by atoms with E-state index in [0.717, 1.165) is 0 Å². The molecule has 2 rings (SSSR count). The van der Waals surface area contributed by atoms with Crippen molar-refractivity contribution in [3.63, 3.8) is 0 Å². The van der Waals surface area contributed by atoms with Gasteiger partial charge in [-0.05, 0) is 43.3 Å². The lowest BCUT2D eigenvalue weighted by atomic mass is 10.2. The van der Waals surface area contributed by atoms with Gasteiger partial charge in [0.15, 0.2) is 0 Å². The average molecular weight is 340 g/mol. The summed E-state index contributed by atoms with van der Waals surface area (Å²) < 4.78 is 10.7. The van der Waals surface area contributed by atoms with E-state index >= 15 is 0 Å². The van der Waals surface area contributed by atoms with Crippen LogP contribution in [0, 0.1) is 0 Å². The van der Waals surface area contributed by atoms with Gasteiger partial charge < -0.3 is 9.47 Å². The van der Waals surface area contributed by atoms with E-state index in [1.807, 2.05) is 6.92 Å². The summed E-state index contributed by atoms with van der Waals surface area (Å²) in [7, 11) is 0. The van der Waals surface area contributed by atoms with E-state index in [0.29, 0.717) is 35.8 Å². The maximum Gasteiger partial charge on any atom is 0.273 e. The number of hydrazine groups is 1. The molecule has 0 saturated heterocycles. The quantitative estimate of drug-likeness (QED) is 0.600. The molecule has 0 radical (unpaired) electrons. The highest BCUT2D eigenvalue weighted by Crippen LogP contribution is 2.17. The van der Waals surface area contributed by atoms with Crippen molar-refractivity contribution in [1.29, 1.82) is 0 Å². The number of hydrogen-bond acceptors (Lipinski definition) is 4. The van der Waals surface area contributed by atoms with Crippen LogP contribution in [0.5, 0.6) is 11.5 Å². The van der Waals surface area contributed by atoms with Crippen LogP contribution in [0.3, 0.4) is 0 Å². The molecule has 6 nitrogen and oxygen atoms in total. The summed E-state index contributed by atoms with van der Waals surface area (Å²) in [5.74, 6) is 0.201. The second kappa shape index (κ2) is 9.12. The molecule has 0 fully saturated rings. The van der Waals surface area contributed by atoms with Crippen LogP contribution >= 0.6 is 0 Å². The Morgan fingerprint density at radius 2 is 1.68 bits per heavy atom. The molecule has 2 N–H and O–H groups in total. The third-order valence-corrected chi connectivity index (χ3v) is 3.21. The summed E-state index contributed by atoms with van der Waals surface area (Å²) >= 11 is 0. The molecular formula is C19H20N2O4. The monoisotopic (exact) mass is 340 g/mol. The minimum atomic E-state index is -0.455. The van der Waals surface area contributed by atoms with Gasteiger partial charge in [0.1, 0.15) is 18.1 Å². The third kappa shape index (κ3) is 5.10. The molecule has 2 aromatic rings. The number of nitrogens with one attached hydrogen (secondary N) is 2. The Balaban J connectivity index is 1.95. The Morgan fingerprint density at radius 1 is 1.00 bits per heavy atom. The van der Waals surface area contributed by atoms with Crippen LogP contribution < -0.4 is 20.3 Å². The fraction of sp³-hybridized carbons (Fsp3) is 0.158. The largest absolute Gasteiger partial charge is 0.493 e. The first-order valence-corrected chi connectivity index (χ1v) is 7.82. The predicted molar refractivity (Wildman–Crippen MR) is 94.7 cm³/mol. The van der Waals surface area contributed by atoms with E-state index in [1.54, 1.807) is 54.6 Å². The number of rotatable bonds is 7. The highest BCUT2D eigenvalue weighted by Gasteiger charge is 2.13. The highest BCUT2D eigenvalue weighted by atomic mass is 16.5. The van der Waals surface area contributed by atoms with E-state index in [-0.39, 0.29) is 0 Å². The summed E-state index contributed by atoms with van der Waals surface area (Å²) in [6, 6.07) is 13.4. The average Bonchev–Trinajstić information content (AvgIpc) is 2.65. The van der Waals surface area contributed by atoms with Crippen LogP contribution in [-0.4, -0.2) is 25.0 Å². The standard InChI is InChI=1S/C19H20N2O4/c1-3-13-25-15-11-9-14(10-12-15)18(22)20-21-19(23)16-7-5-6-8-17(16)24-4-2/h3,5-12H,1,4,13H2,2H3,(H,20,22)(H,21,23). The zero-order valence-corrected chi connectivity index (χ0v) is 14.0. The topological polar surface area (TPSA) is 76.7 Å². The number of para-hydroxylation sites is 1. The van der Waals surface area contributed by atoms with Gasteiger partial charge in [0.05, 0.1) is 12.2 Å². The Kier molecular flexibility index (Phi) is 6.59. The van der Waals surface area contributed by atoms with Crippen molar-refractivity contribution in [1.82, 2.24) is 10.9 Å². The number of benzene rings is 2. The zero-order valence-electron chi connectivity index (χ0n) is 14.0. The summed E-state index contributed by atoms with van der Waals surface area (Å²) in [6.07, 6.45) is 1.64. The van der Waals surface area contributed by atoms with Gasteiger partial charge in [-0.2, -0.15) is 0 Å². The first kappa shape index (κ1) is 18.1. The molecule has 6 heteroatoms. The second-order valence-corrected chi connectivity index (χ2v) is 4.96. The molecule has 0 unspecified atom stereocenters. The van der Waals surface area contributed by atoms with Crippen molar-refractivity contribution < 1.29 is 19.1 Å². The molecule has 0 aliphatic carbocycles. The summed E-state index contributed by atoms with van der Waals surface area (Å²) in [5, 5.41) is 0. The minimum Gasteiger partial charge on any atom is -0.493 e. The number of hydrogen-bond donors (Lipinski definition) is 2. The Labute approximate surface area is 146 Å². The van der Waals surface area contributed by atoms with Gasteiger partial charge in [0, 0.05) is 5.56 Å². The van der Waals surface area contributed by atoms with Crippen LogP contribution in [-0.2, 0) is 0 Å². The van der Waals surface area contributed by atoms with Crippen molar-refractivity contribution in [3.05, 3.63) is 72.3 Å². The molecule has 0 aliphatic heterocycles. The summed E-state index contributed by atoms with van der Waals surface area (Å²) in [4.78, 5) is 24.3. The van der Waals surface area contributed by atoms with Crippen LogP contribution in [0.2, 0.25) is 0 Å². The Bertz CT molecular complexity index is 741. The minimum absolute atomic E-state index is 0.345. The van der Waals surface area contributed by atoms with Crippen molar-refractivity contribution in [2.45, 2.75) is 6.92 Å². The first-order chi connectivity index (χ1) is 12.2. The summed E-state index contributed by atoms with van der Waals surface area (Å²) in [6.45, 7) is 6.23. The van der Waals surface area contributed by atoms with Crippen molar-refractivity contribution in [2.24, 2.45) is 0 Å².